The Balaban J connectivity index is 2.25. The molecule has 0 bridgehead atoms. The molecule has 31 heavy (non-hydrogen) atoms. The Morgan fingerprint density at radius 3 is 2.48 bits per heavy atom. The van der Waals surface area contributed by atoms with Crippen LogP contribution in [0.15, 0.2) is 23.5 Å². The van der Waals surface area contributed by atoms with Crippen LogP contribution in [0.3, 0.4) is 0 Å². The molecule has 0 amide bonds. The molecule has 1 fully saturated rings. The molecule has 176 valence electrons. The van der Waals surface area contributed by atoms with E-state index in [1.165, 1.54) is 7.11 Å². The Labute approximate surface area is 179 Å². The van der Waals surface area contributed by atoms with E-state index in [2.05, 4.69) is 0 Å². The Hall–Kier alpha value is -2.02. The van der Waals surface area contributed by atoms with E-state index in [0.717, 1.165) is 6.26 Å². The first-order valence-corrected chi connectivity index (χ1v) is 10.00. The second kappa shape index (κ2) is 11.6. The van der Waals surface area contributed by atoms with Gasteiger partial charge in [0.1, 0.15) is 24.4 Å². The van der Waals surface area contributed by atoms with Crippen LogP contribution in [-0.2, 0) is 33.3 Å². The number of allylic oxidation sites excluding steroid dienone is 1. The van der Waals surface area contributed by atoms with Crippen LogP contribution in [0.2, 0.25) is 0 Å². The van der Waals surface area contributed by atoms with Gasteiger partial charge in [-0.25, -0.2) is 4.79 Å². The van der Waals surface area contributed by atoms with E-state index in [-0.39, 0.29) is 18.6 Å². The number of hydrogen-bond acceptors (Lipinski definition) is 11. The van der Waals surface area contributed by atoms with Crippen molar-refractivity contribution in [1.82, 2.24) is 0 Å². The minimum Gasteiger partial charge on any atom is -0.468 e. The third kappa shape index (κ3) is 5.82. The number of carbonyl (C=O) groups excluding carboxylic acids is 2. The van der Waals surface area contributed by atoms with Crippen LogP contribution < -0.4 is 0 Å². The molecule has 5 unspecified atom stereocenters. The standard InChI is InChI=1S/C20H30O11/c1-4-6-28-14(22)7-11-10(5-2)19(29-9-12(11)18(26)27-3)31-20-17(25)16(24)15(23)13(8-21)30-20/h5,9,11,13,15-17,19-21,23-25H,4,6-8H2,1-3H3/b10-5+/t11-,13?,15?,16?,17?,19-,20?/m0/s1. The molecule has 11 nitrogen and oxygen atoms in total. The zero-order valence-corrected chi connectivity index (χ0v) is 17.7. The van der Waals surface area contributed by atoms with Gasteiger partial charge in [-0.3, -0.25) is 4.79 Å². The number of rotatable bonds is 8. The summed E-state index contributed by atoms with van der Waals surface area (Å²) in [7, 11) is 1.20. The van der Waals surface area contributed by atoms with Crippen LogP contribution in [0.5, 0.6) is 0 Å². The second-order valence-electron chi connectivity index (χ2n) is 7.13. The van der Waals surface area contributed by atoms with E-state index in [9.17, 15) is 30.0 Å². The fraction of sp³-hybridized carbons (Fsp3) is 0.700. The first-order valence-electron chi connectivity index (χ1n) is 10.00. The molecule has 0 aromatic rings. The van der Waals surface area contributed by atoms with Gasteiger partial charge in [0.15, 0.2) is 6.29 Å². The SMILES string of the molecule is C/C=C1/[C@H](OC2OC(CO)C(O)C(O)C2O)OC=C(C(=O)OC)[C@H]1CC(=O)OCCC. The molecule has 1 saturated heterocycles. The topological polar surface area (TPSA) is 161 Å². The third-order valence-corrected chi connectivity index (χ3v) is 5.07. The maximum Gasteiger partial charge on any atom is 0.337 e. The zero-order chi connectivity index (χ0) is 23.1. The molecule has 0 spiro atoms. The van der Waals surface area contributed by atoms with E-state index in [1.807, 2.05) is 6.92 Å². The number of methoxy groups -OCH3 is 1. The average Bonchev–Trinajstić information content (AvgIpc) is 2.77. The molecule has 0 aromatic heterocycles. The number of esters is 2. The Morgan fingerprint density at radius 1 is 1.19 bits per heavy atom. The lowest BCUT2D eigenvalue weighted by molar-refractivity contribution is -0.327. The Morgan fingerprint density at radius 2 is 1.90 bits per heavy atom. The number of carbonyl (C=O) groups is 2. The molecule has 2 aliphatic heterocycles. The molecule has 11 heteroatoms. The van der Waals surface area contributed by atoms with Gasteiger partial charge in [0.25, 0.3) is 0 Å². The summed E-state index contributed by atoms with van der Waals surface area (Å²) in [6.45, 7) is 3.11. The summed E-state index contributed by atoms with van der Waals surface area (Å²) in [5.41, 5.74) is 0.450. The third-order valence-electron chi connectivity index (χ3n) is 5.07. The minimum absolute atomic E-state index is 0.0812. The zero-order valence-electron chi connectivity index (χ0n) is 17.7. The van der Waals surface area contributed by atoms with Crippen molar-refractivity contribution in [2.75, 3.05) is 20.3 Å². The first kappa shape index (κ1) is 25.2. The molecular formula is C20H30O11. The largest absolute Gasteiger partial charge is 0.468 e. The van der Waals surface area contributed by atoms with E-state index >= 15 is 0 Å². The summed E-state index contributed by atoms with van der Waals surface area (Å²) in [5.74, 6) is -2.01. The molecule has 0 aromatic carbocycles. The highest BCUT2D eigenvalue weighted by Crippen LogP contribution is 2.36. The molecule has 2 heterocycles. The number of aliphatic hydroxyl groups excluding tert-OH is 4. The average molecular weight is 446 g/mol. The monoisotopic (exact) mass is 446 g/mol. The summed E-state index contributed by atoms with van der Waals surface area (Å²) in [5, 5.41) is 39.4. The van der Waals surface area contributed by atoms with Crippen LogP contribution >= 0.6 is 0 Å². The lowest BCUT2D eigenvalue weighted by Crippen LogP contribution is -2.60. The van der Waals surface area contributed by atoms with Crippen molar-refractivity contribution in [2.24, 2.45) is 5.92 Å². The number of aliphatic hydroxyl groups is 4. The van der Waals surface area contributed by atoms with Gasteiger partial charge in [-0.15, -0.1) is 0 Å². The van der Waals surface area contributed by atoms with Crippen molar-refractivity contribution in [1.29, 1.82) is 0 Å². The maximum absolute atomic E-state index is 12.2. The molecule has 0 radical (unpaired) electrons. The lowest BCUT2D eigenvalue weighted by Gasteiger charge is -2.41. The number of hydrogen-bond donors (Lipinski definition) is 4. The Kier molecular flexibility index (Phi) is 9.41. The molecule has 2 rings (SSSR count). The smallest absolute Gasteiger partial charge is 0.337 e. The molecule has 7 atom stereocenters. The summed E-state index contributed by atoms with van der Waals surface area (Å²) < 4.78 is 26.4. The van der Waals surface area contributed by atoms with Gasteiger partial charge >= 0.3 is 11.9 Å². The van der Waals surface area contributed by atoms with Gasteiger partial charge in [-0.05, 0) is 13.3 Å². The predicted molar refractivity (Wildman–Crippen MR) is 103 cm³/mol. The van der Waals surface area contributed by atoms with Crippen molar-refractivity contribution in [3.05, 3.63) is 23.5 Å². The molecule has 2 aliphatic rings. The summed E-state index contributed by atoms with van der Waals surface area (Å²) in [4.78, 5) is 24.4. The van der Waals surface area contributed by atoms with Crippen LogP contribution in [-0.4, -0.2) is 89.7 Å². The van der Waals surface area contributed by atoms with Crippen molar-refractivity contribution in [2.45, 2.75) is 63.7 Å². The fourth-order valence-corrected chi connectivity index (χ4v) is 3.37. The highest BCUT2D eigenvalue weighted by atomic mass is 16.8. The minimum atomic E-state index is -1.64. The van der Waals surface area contributed by atoms with Crippen molar-refractivity contribution >= 4 is 11.9 Å². The van der Waals surface area contributed by atoms with E-state index in [0.29, 0.717) is 12.0 Å². The predicted octanol–water partition coefficient (Wildman–Crippen LogP) is -0.878. The van der Waals surface area contributed by atoms with E-state index in [4.69, 9.17) is 23.7 Å². The van der Waals surface area contributed by atoms with Gasteiger partial charge in [0.2, 0.25) is 6.29 Å². The molecular weight excluding hydrogens is 416 g/mol. The van der Waals surface area contributed by atoms with Crippen LogP contribution in [0.4, 0.5) is 0 Å². The lowest BCUT2D eigenvalue weighted by atomic mass is 9.86. The van der Waals surface area contributed by atoms with E-state index in [1.54, 1.807) is 13.0 Å². The quantitative estimate of drug-likeness (QED) is 0.271. The first-order chi connectivity index (χ1) is 14.8. The van der Waals surface area contributed by atoms with Gasteiger partial charge in [-0.2, -0.15) is 0 Å². The van der Waals surface area contributed by atoms with Gasteiger partial charge in [0.05, 0.1) is 38.6 Å². The van der Waals surface area contributed by atoms with Gasteiger partial charge in [-0.1, -0.05) is 13.0 Å². The van der Waals surface area contributed by atoms with Gasteiger partial charge in [0, 0.05) is 11.5 Å². The van der Waals surface area contributed by atoms with E-state index < -0.39 is 61.5 Å². The van der Waals surface area contributed by atoms with Crippen LogP contribution in [0, 0.1) is 5.92 Å². The summed E-state index contributed by atoms with van der Waals surface area (Å²) in [6, 6.07) is 0. The molecule has 4 N–H and O–H groups in total. The van der Waals surface area contributed by atoms with Crippen molar-refractivity contribution in [3.8, 4) is 0 Å². The van der Waals surface area contributed by atoms with Crippen LogP contribution in [0.25, 0.3) is 0 Å². The molecule has 0 saturated carbocycles. The van der Waals surface area contributed by atoms with Crippen molar-refractivity contribution in [3.63, 3.8) is 0 Å². The molecule has 0 aliphatic carbocycles. The van der Waals surface area contributed by atoms with Crippen molar-refractivity contribution < 1.29 is 53.7 Å². The number of ether oxygens (including phenoxy) is 5. The second-order valence-corrected chi connectivity index (χ2v) is 7.13. The fourth-order valence-electron chi connectivity index (χ4n) is 3.37. The normalized spacial score (nSPS) is 34.6. The highest BCUT2D eigenvalue weighted by Gasteiger charge is 2.46. The summed E-state index contributed by atoms with van der Waals surface area (Å²) >= 11 is 0. The Bertz CT molecular complexity index is 687. The van der Waals surface area contributed by atoms with Gasteiger partial charge < -0.3 is 44.1 Å². The highest BCUT2D eigenvalue weighted by molar-refractivity contribution is 5.90. The maximum atomic E-state index is 12.2. The summed E-state index contributed by atoms with van der Waals surface area (Å²) in [6.07, 6.45) is -5.49. The van der Waals surface area contributed by atoms with Crippen LogP contribution in [0.1, 0.15) is 26.7 Å².